The number of imidazole rings is 1. The summed E-state index contributed by atoms with van der Waals surface area (Å²) in [5, 5.41) is 3.57. The highest BCUT2D eigenvalue weighted by molar-refractivity contribution is 7.98. The van der Waals surface area contributed by atoms with Gasteiger partial charge in [-0.15, -0.1) is 0 Å². The second kappa shape index (κ2) is 8.25. The predicted molar refractivity (Wildman–Crippen MR) is 126 cm³/mol. The fourth-order valence-corrected chi connectivity index (χ4v) is 4.80. The maximum Gasteiger partial charge on any atom is 0.174 e. The molecule has 30 heavy (non-hydrogen) atoms. The molecule has 0 saturated carbocycles. The number of fused-ring (bicyclic) bond motifs is 2. The van der Waals surface area contributed by atoms with Gasteiger partial charge in [0.2, 0.25) is 0 Å². The lowest BCUT2D eigenvalue weighted by Gasteiger charge is -2.11. The summed E-state index contributed by atoms with van der Waals surface area (Å²) in [6, 6.07) is 31.6. The molecular formula is C26H22N2OS. The highest BCUT2D eigenvalue weighted by atomic mass is 32.2. The SMILES string of the molecule is CCOc1ccc(-n2c(SCc3cccc4ccccc34)nc3ccccc32)cc1. The molecule has 4 aromatic carbocycles. The molecule has 0 aliphatic carbocycles. The quantitative estimate of drug-likeness (QED) is 0.286. The Labute approximate surface area is 180 Å². The molecular weight excluding hydrogens is 388 g/mol. The van der Waals surface area contributed by atoms with Crippen LogP contribution < -0.4 is 4.74 Å². The van der Waals surface area contributed by atoms with Crippen molar-refractivity contribution in [3.8, 4) is 11.4 Å². The zero-order chi connectivity index (χ0) is 20.3. The predicted octanol–water partition coefficient (Wildman–Crippen LogP) is 6.87. The smallest absolute Gasteiger partial charge is 0.174 e. The van der Waals surface area contributed by atoms with Gasteiger partial charge in [0.05, 0.1) is 17.6 Å². The highest BCUT2D eigenvalue weighted by Crippen LogP contribution is 2.32. The molecule has 0 radical (unpaired) electrons. The average Bonchev–Trinajstić information content (AvgIpc) is 3.17. The van der Waals surface area contributed by atoms with Gasteiger partial charge < -0.3 is 4.74 Å². The van der Waals surface area contributed by atoms with Crippen molar-refractivity contribution in [1.82, 2.24) is 9.55 Å². The van der Waals surface area contributed by atoms with Crippen LogP contribution in [0.5, 0.6) is 5.75 Å². The van der Waals surface area contributed by atoms with E-state index in [9.17, 15) is 0 Å². The molecule has 0 aliphatic heterocycles. The van der Waals surface area contributed by atoms with Crippen LogP contribution in [0.2, 0.25) is 0 Å². The molecule has 1 heterocycles. The first kappa shape index (κ1) is 18.8. The molecule has 4 heteroatoms. The van der Waals surface area contributed by atoms with E-state index < -0.39 is 0 Å². The van der Waals surface area contributed by atoms with Crippen molar-refractivity contribution >= 4 is 33.6 Å². The standard InChI is InChI=1S/C26H22N2OS/c1-2-29-22-16-14-21(15-17-22)28-25-13-6-5-12-24(25)27-26(28)30-18-20-10-7-9-19-8-3-4-11-23(19)20/h3-17H,2,18H2,1H3. The van der Waals surface area contributed by atoms with Gasteiger partial charge in [0.1, 0.15) is 5.75 Å². The maximum absolute atomic E-state index is 5.61. The Bertz CT molecular complexity index is 1300. The van der Waals surface area contributed by atoms with E-state index in [1.54, 1.807) is 11.8 Å². The van der Waals surface area contributed by atoms with Crippen molar-refractivity contribution in [2.24, 2.45) is 0 Å². The van der Waals surface area contributed by atoms with Crippen molar-refractivity contribution in [3.05, 3.63) is 96.6 Å². The number of benzene rings is 4. The molecule has 5 rings (SSSR count). The number of nitrogens with zero attached hydrogens (tertiary/aromatic N) is 2. The van der Waals surface area contributed by atoms with E-state index in [1.165, 1.54) is 16.3 Å². The zero-order valence-electron chi connectivity index (χ0n) is 16.8. The highest BCUT2D eigenvalue weighted by Gasteiger charge is 2.14. The normalized spacial score (nSPS) is 11.2. The summed E-state index contributed by atoms with van der Waals surface area (Å²) in [6.07, 6.45) is 0. The summed E-state index contributed by atoms with van der Waals surface area (Å²) in [6.45, 7) is 2.67. The van der Waals surface area contributed by atoms with E-state index in [2.05, 4.69) is 77.4 Å². The Morgan fingerprint density at radius 3 is 2.47 bits per heavy atom. The lowest BCUT2D eigenvalue weighted by atomic mass is 10.1. The Morgan fingerprint density at radius 2 is 1.60 bits per heavy atom. The van der Waals surface area contributed by atoms with E-state index in [4.69, 9.17) is 9.72 Å². The first-order valence-corrected chi connectivity index (χ1v) is 11.1. The van der Waals surface area contributed by atoms with E-state index in [0.29, 0.717) is 6.61 Å². The molecule has 0 spiro atoms. The molecule has 3 nitrogen and oxygen atoms in total. The zero-order valence-corrected chi connectivity index (χ0v) is 17.6. The van der Waals surface area contributed by atoms with Crippen LogP contribution in [0, 0.1) is 0 Å². The van der Waals surface area contributed by atoms with Crippen molar-refractivity contribution in [3.63, 3.8) is 0 Å². The van der Waals surface area contributed by atoms with Crippen molar-refractivity contribution in [2.45, 2.75) is 17.8 Å². The fraction of sp³-hybridized carbons (Fsp3) is 0.115. The van der Waals surface area contributed by atoms with Gasteiger partial charge in [-0.3, -0.25) is 4.57 Å². The van der Waals surface area contributed by atoms with Crippen LogP contribution in [0.1, 0.15) is 12.5 Å². The van der Waals surface area contributed by atoms with Gasteiger partial charge in [0.15, 0.2) is 5.16 Å². The maximum atomic E-state index is 5.61. The van der Waals surface area contributed by atoms with Crippen LogP contribution in [-0.4, -0.2) is 16.2 Å². The molecule has 1 aromatic heterocycles. The van der Waals surface area contributed by atoms with Crippen LogP contribution in [0.25, 0.3) is 27.5 Å². The Balaban J connectivity index is 1.53. The van der Waals surface area contributed by atoms with Gasteiger partial charge in [0.25, 0.3) is 0 Å². The molecule has 0 fully saturated rings. The minimum absolute atomic E-state index is 0.666. The minimum atomic E-state index is 0.666. The summed E-state index contributed by atoms with van der Waals surface area (Å²) < 4.78 is 7.85. The monoisotopic (exact) mass is 410 g/mol. The summed E-state index contributed by atoms with van der Waals surface area (Å²) in [7, 11) is 0. The van der Waals surface area contributed by atoms with Gasteiger partial charge in [-0.25, -0.2) is 4.98 Å². The van der Waals surface area contributed by atoms with Crippen molar-refractivity contribution in [1.29, 1.82) is 0 Å². The molecule has 0 bridgehead atoms. The average molecular weight is 411 g/mol. The number of rotatable bonds is 6. The molecule has 0 N–H and O–H groups in total. The summed E-state index contributed by atoms with van der Waals surface area (Å²) in [5.41, 5.74) is 4.53. The number of hydrogen-bond donors (Lipinski definition) is 0. The number of thioether (sulfide) groups is 1. The number of para-hydroxylation sites is 2. The molecule has 0 amide bonds. The lowest BCUT2D eigenvalue weighted by Crippen LogP contribution is -1.98. The number of aromatic nitrogens is 2. The third kappa shape index (κ3) is 3.55. The molecule has 0 atom stereocenters. The second-order valence-corrected chi connectivity index (χ2v) is 8.01. The van der Waals surface area contributed by atoms with Gasteiger partial charge in [-0.1, -0.05) is 66.4 Å². The summed E-state index contributed by atoms with van der Waals surface area (Å²) >= 11 is 1.77. The van der Waals surface area contributed by atoms with Gasteiger partial charge in [-0.2, -0.15) is 0 Å². The third-order valence-corrected chi connectivity index (χ3v) is 6.16. The first-order chi connectivity index (χ1) is 14.8. The fourth-order valence-electron chi connectivity index (χ4n) is 3.77. The Kier molecular flexibility index (Phi) is 5.16. The van der Waals surface area contributed by atoms with E-state index in [1.807, 2.05) is 25.1 Å². The Hall–Kier alpha value is -3.24. The molecule has 5 aromatic rings. The van der Waals surface area contributed by atoms with Crippen LogP contribution >= 0.6 is 11.8 Å². The molecule has 0 saturated heterocycles. The molecule has 148 valence electrons. The minimum Gasteiger partial charge on any atom is -0.494 e. The third-order valence-electron chi connectivity index (χ3n) is 5.17. The van der Waals surface area contributed by atoms with Crippen molar-refractivity contribution in [2.75, 3.05) is 6.61 Å². The molecule has 0 aliphatic rings. The van der Waals surface area contributed by atoms with Crippen molar-refractivity contribution < 1.29 is 4.74 Å². The largest absolute Gasteiger partial charge is 0.494 e. The van der Waals surface area contributed by atoms with Gasteiger partial charge in [0, 0.05) is 11.4 Å². The summed E-state index contributed by atoms with van der Waals surface area (Å²) in [4.78, 5) is 4.94. The lowest BCUT2D eigenvalue weighted by molar-refractivity contribution is 0.340. The van der Waals surface area contributed by atoms with E-state index in [-0.39, 0.29) is 0 Å². The van der Waals surface area contributed by atoms with Crippen LogP contribution in [0.15, 0.2) is 96.2 Å². The molecule has 0 unspecified atom stereocenters. The second-order valence-electron chi connectivity index (χ2n) is 7.07. The summed E-state index contributed by atoms with van der Waals surface area (Å²) in [5.74, 6) is 1.75. The van der Waals surface area contributed by atoms with Crippen LogP contribution in [0.4, 0.5) is 0 Å². The van der Waals surface area contributed by atoms with E-state index in [0.717, 1.165) is 33.4 Å². The first-order valence-electron chi connectivity index (χ1n) is 10.1. The van der Waals surface area contributed by atoms with Gasteiger partial charge in [-0.05, 0) is 59.7 Å². The topological polar surface area (TPSA) is 27.1 Å². The van der Waals surface area contributed by atoms with Gasteiger partial charge >= 0.3 is 0 Å². The Morgan fingerprint density at radius 1 is 0.833 bits per heavy atom. The van der Waals surface area contributed by atoms with Crippen LogP contribution in [0.3, 0.4) is 0 Å². The number of hydrogen-bond acceptors (Lipinski definition) is 3. The number of ether oxygens (including phenoxy) is 1. The van der Waals surface area contributed by atoms with Crippen LogP contribution in [-0.2, 0) is 5.75 Å². The van der Waals surface area contributed by atoms with E-state index >= 15 is 0 Å².